The average Bonchev–Trinajstić information content (AvgIpc) is 2.93. The summed E-state index contributed by atoms with van der Waals surface area (Å²) < 4.78 is 0. The van der Waals surface area contributed by atoms with E-state index in [1.54, 1.807) is 0 Å². The fraction of sp³-hybridized carbons (Fsp3) is 0.545. The van der Waals surface area contributed by atoms with Gasteiger partial charge < -0.3 is 5.32 Å². The maximum Gasteiger partial charge on any atom is 0.251 e. The highest BCUT2D eigenvalue weighted by Gasteiger charge is 2.16. The number of likely N-dealkylation sites (tertiary alicyclic amines) is 1. The van der Waals surface area contributed by atoms with Crippen LogP contribution in [0.3, 0.4) is 0 Å². The monoisotopic (exact) mass is 366 g/mol. The van der Waals surface area contributed by atoms with E-state index < -0.39 is 0 Å². The first-order valence-corrected chi connectivity index (χ1v) is 10.4. The standard InChI is InChI=1S/C22H30N4O/c27-22(23-15-21-19-7-3-1-4-8-20(19)24-25-21)18-11-9-17(10-12-18)16-26-13-5-2-6-14-26/h9-12H,1-8,13-16H2,(H,23,27)(H,24,25). The van der Waals surface area contributed by atoms with Gasteiger partial charge in [0.25, 0.3) is 5.91 Å². The number of piperidine rings is 1. The molecular weight excluding hydrogens is 336 g/mol. The third kappa shape index (κ3) is 4.59. The molecule has 1 aliphatic carbocycles. The zero-order valence-electron chi connectivity index (χ0n) is 16.1. The van der Waals surface area contributed by atoms with Crippen LogP contribution in [-0.2, 0) is 25.9 Å². The van der Waals surface area contributed by atoms with Crippen LogP contribution < -0.4 is 5.32 Å². The van der Waals surface area contributed by atoms with E-state index in [0.29, 0.717) is 6.54 Å². The molecule has 27 heavy (non-hydrogen) atoms. The molecule has 1 aromatic heterocycles. The molecule has 0 saturated carbocycles. The normalized spacial score (nSPS) is 17.9. The summed E-state index contributed by atoms with van der Waals surface area (Å²) in [4.78, 5) is 15.0. The number of fused-ring (bicyclic) bond motifs is 1. The summed E-state index contributed by atoms with van der Waals surface area (Å²) in [6, 6.07) is 8.06. The third-order valence-corrected chi connectivity index (χ3v) is 5.88. The van der Waals surface area contributed by atoms with Gasteiger partial charge in [0.15, 0.2) is 0 Å². The molecule has 1 fully saturated rings. The molecule has 5 heteroatoms. The van der Waals surface area contributed by atoms with E-state index >= 15 is 0 Å². The Morgan fingerprint density at radius 1 is 1.00 bits per heavy atom. The number of aromatic amines is 1. The Morgan fingerprint density at radius 3 is 2.56 bits per heavy atom. The molecule has 5 nitrogen and oxygen atoms in total. The summed E-state index contributed by atoms with van der Waals surface area (Å²) in [5, 5.41) is 10.6. The van der Waals surface area contributed by atoms with E-state index in [-0.39, 0.29) is 5.91 Å². The van der Waals surface area contributed by atoms with Gasteiger partial charge in [0.2, 0.25) is 0 Å². The minimum Gasteiger partial charge on any atom is -0.346 e. The van der Waals surface area contributed by atoms with E-state index in [1.807, 2.05) is 12.1 Å². The van der Waals surface area contributed by atoms with E-state index in [0.717, 1.165) is 30.6 Å². The van der Waals surface area contributed by atoms with Gasteiger partial charge in [-0.05, 0) is 74.9 Å². The molecule has 0 radical (unpaired) electrons. The number of nitrogens with zero attached hydrogens (tertiary/aromatic N) is 2. The summed E-state index contributed by atoms with van der Waals surface area (Å²) >= 11 is 0. The van der Waals surface area contributed by atoms with Crippen LogP contribution in [0.4, 0.5) is 0 Å². The highest BCUT2D eigenvalue weighted by molar-refractivity contribution is 5.94. The maximum atomic E-state index is 12.5. The number of H-pyrrole nitrogens is 1. The lowest BCUT2D eigenvalue weighted by Gasteiger charge is -2.26. The predicted molar refractivity (Wildman–Crippen MR) is 107 cm³/mol. The summed E-state index contributed by atoms with van der Waals surface area (Å²) in [5.41, 5.74) is 5.59. The van der Waals surface area contributed by atoms with Crippen LogP contribution >= 0.6 is 0 Å². The van der Waals surface area contributed by atoms with E-state index in [2.05, 4.69) is 32.5 Å². The van der Waals surface area contributed by atoms with Crippen LogP contribution in [0.1, 0.15) is 71.4 Å². The van der Waals surface area contributed by atoms with Crippen LogP contribution in [0, 0.1) is 0 Å². The van der Waals surface area contributed by atoms with Crippen LogP contribution in [0.5, 0.6) is 0 Å². The smallest absolute Gasteiger partial charge is 0.251 e. The fourth-order valence-corrected chi connectivity index (χ4v) is 4.28. The van der Waals surface area contributed by atoms with Gasteiger partial charge in [0.05, 0.1) is 12.2 Å². The Hall–Kier alpha value is -2.14. The van der Waals surface area contributed by atoms with E-state index in [1.165, 1.54) is 68.4 Å². The number of aromatic nitrogens is 2. The molecule has 2 aromatic rings. The van der Waals surface area contributed by atoms with Gasteiger partial charge in [0.1, 0.15) is 0 Å². The zero-order valence-corrected chi connectivity index (χ0v) is 16.1. The highest BCUT2D eigenvalue weighted by atomic mass is 16.1. The van der Waals surface area contributed by atoms with Crippen molar-refractivity contribution in [2.75, 3.05) is 13.1 Å². The maximum absolute atomic E-state index is 12.5. The Kier molecular flexibility index (Phi) is 5.87. The van der Waals surface area contributed by atoms with Crippen LogP contribution in [0.2, 0.25) is 0 Å². The summed E-state index contributed by atoms with van der Waals surface area (Å²) in [6.45, 7) is 3.87. The number of amides is 1. The topological polar surface area (TPSA) is 61.0 Å². The Balaban J connectivity index is 1.32. The van der Waals surface area contributed by atoms with Gasteiger partial charge in [-0.15, -0.1) is 0 Å². The molecule has 1 amide bonds. The largest absolute Gasteiger partial charge is 0.346 e. The molecule has 2 heterocycles. The van der Waals surface area contributed by atoms with Gasteiger partial charge in [-0.3, -0.25) is 14.8 Å². The van der Waals surface area contributed by atoms with Gasteiger partial charge in [-0.25, -0.2) is 0 Å². The second kappa shape index (κ2) is 8.70. The summed E-state index contributed by atoms with van der Waals surface area (Å²) in [5.74, 6) is -0.0232. The Bertz CT molecular complexity index is 759. The van der Waals surface area contributed by atoms with Crippen molar-refractivity contribution < 1.29 is 4.79 Å². The molecule has 2 aliphatic rings. The minimum absolute atomic E-state index is 0.0232. The highest BCUT2D eigenvalue weighted by Crippen LogP contribution is 2.21. The van der Waals surface area contributed by atoms with Crippen molar-refractivity contribution in [2.45, 2.75) is 64.5 Å². The lowest BCUT2D eigenvalue weighted by Crippen LogP contribution is -2.29. The first kappa shape index (κ1) is 18.2. The molecular formula is C22H30N4O. The van der Waals surface area contributed by atoms with Crippen molar-refractivity contribution in [1.82, 2.24) is 20.4 Å². The number of hydrogen-bond acceptors (Lipinski definition) is 3. The van der Waals surface area contributed by atoms with Gasteiger partial charge in [0, 0.05) is 17.8 Å². The molecule has 0 unspecified atom stereocenters. The average molecular weight is 367 g/mol. The summed E-state index contributed by atoms with van der Waals surface area (Å²) in [7, 11) is 0. The van der Waals surface area contributed by atoms with Gasteiger partial charge >= 0.3 is 0 Å². The van der Waals surface area contributed by atoms with Crippen molar-refractivity contribution in [3.05, 3.63) is 52.3 Å². The van der Waals surface area contributed by atoms with Crippen molar-refractivity contribution in [2.24, 2.45) is 0 Å². The molecule has 4 rings (SSSR count). The zero-order chi connectivity index (χ0) is 18.5. The molecule has 1 saturated heterocycles. The molecule has 144 valence electrons. The first-order valence-electron chi connectivity index (χ1n) is 10.4. The van der Waals surface area contributed by atoms with Gasteiger partial charge in [-0.1, -0.05) is 25.0 Å². The second-order valence-corrected chi connectivity index (χ2v) is 7.90. The van der Waals surface area contributed by atoms with E-state index in [4.69, 9.17) is 0 Å². The van der Waals surface area contributed by atoms with Crippen molar-refractivity contribution in [3.8, 4) is 0 Å². The lowest BCUT2D eigenvalue weighted by atomic mass is 10.1. The van der Waals surface area contributed by atoms with Gasteiger partial charge in [-0.2, -0.15) is 5.10 Å². The molecule has 0 spiro atoms. The molecule has 0 bridgehead atoms. The summed E-state index contributed by atoms with van der Waals surface area (Å²) in [6.07, 6.45) is 9.83. The Labute approximate surface area is 161 Å². The number of hydrogen-bond donors (Lipinski definition) is 2. The minimum atomic E-state index is -0.0232. The molecule has 1 aliphatic heterocycles. The van der Waals surface area contributed by atoms with E-state index in [9.17, 15) is 4.79 Å². The van der Waals surface area contributed by atoms with Crippen molar-refractivity contribution in [3.63, 3.8) is 0 Å². The number of carbonyl (C=O) groups is 1. The predicted octanol–water partition coefficient (Wildman–Crippen LogP) is 3.59. The van der Waals surface area contributed by atoms with Crippen LogP contribution in [0.25, 0.3) is 0 Å². The third-order valence-electron chi connectivity index (χ3n) is 5.88. The molecule has 1 aromatic carbocycles. The fourth-order valence-electron chi connectivity index (χ4n) is 4.28. The van der Waals surface area contributed by atoms with Crippen LogP contribution in [-0.4, -0.2) is 34.1 Å². The van der Waals surface area contributed by atoms with Crippen molar-refractivity contribution in [1.29, 1.82) is 0 Å². The number of aryl methyl sites for hydroxylation is 1. The first-order chi connectivity index (χ1) is 13.3. The number of carbonyl (C=O) groups excluding carboxylic acids is 1. The molecule has 0 atom stereocenters. The Morgan fingerprint density at radius 2 is 1.74 bits per heavy atom. The van der Waals surface area contributed by atoms with Crippen LogP contribution in [0.15, 0.2) is 24.3 Å². The quantitative estimate of drug-likeness (QED) is 0.795. The SMILES string of the molecule is O=C(NCc1n[nH]c2c1CCCCC2)c1ccc(CN2CCCCC2)cc1. The molecule has 2 N–H and O–H groups in total. The number of benzene rings is 1. The number of nitrogens with one attached hydrogen (secondary N) is 2. The number of rotatable bonds is 5. The van der Waals surface area contributed by atoms with Crippen molar-refractivity contribution >= 4 is 5.91 Å². The second-order valence-electron chi connectivity index (χ2n) is 7.90. The lowest BCUT2D eigenvalue weighted by molar-refractivity contribution is 0.0950.